The summed E-state index contributed by atoms with van der Waals surface area (Å²) in [4.78, 5) is 16.9. The van der Waals surface area contributed by atoms with Gasteiger partial charge in [0, 0.05) is 6.42 Å². The van der Waals surface area contributed by atoms with Gasteiger partial charge in [0.15, 0.2) is 5.84 Å². The van der Waals surface area contributed by atoms with Crippen LogP contribution in [0.5, 0.6) is 0 Å². The molecular weight excluding hydrogens is 345 g/mol. The monoisotopic (exact) mass is 369 g/mol. The van der Waals surface area contributed by atoms with Crippen LogP contribution in [0.15, 0.2) is 35.5 Å². The predicted molar refractivity (Wildman–Crippen MR) is 94.7 cm³/mol. The summed E-state index contributed by atoms with van der Waals surface area (Å²) in [5, 5.41) is 9.16. The van der Waals surface area contributed by atoms with E-state index in [4.69, 9.17) is 13.9 Å². The van der Waals surface area contributed by atoms with Gasteiger partial charge in [-0.1, -0.05) is 35.5 Å². The van der Waals surface area contributed by atoms with Crippen molar-refractivity contribution < 1.29 is 23.2 Å². The number of urea groups is 1. The minimum Gasteiger partial charge on any atom is -0.394 e. The first-order valence-corrected chi connectivity index (χ1v) is 9.98. The van der Waals surface area contributed by atoms with Crippen LogP contribution in [0.4, 0.5) is 4.79 Å². The van der Waals surface area contributed by atoms with Crippen LogP contribution in [0, 0.1) is 0 Å². The first-order chi connectivity index (χ1) is 12.1. The maximum atomic E-state index is 12.6. The molecule has 8 nitrogen and oxygen atoms in total. The second kappa shape index (κ2) is 9.56. The Balaban J connectivity index is 1.93. The first kappa shape index (κ1) is 19.4. The largest absolute Gasteiger partial charge is 0.394 e. The number of oxime groups is 1. The normalized spacial score (nSPS) is 18.9. The van der Waals surface area contributed by atoms with E-state index in [1.165, 1.54) is 0 Å². The third-order valence-electron chi connectivity index (χ3n) is 3.42. The predicted octanol–water partition coefficient (Wildman–Crippen LogP) is 2.51. The van der Waals surface area contributed by atoms with Gasteiger partial charge in [-0.05, 0) is 19.4 Å². The van der Waals surface area contributed by atoms with Gasteiger partial charge in [0.1, 0.15) is 12.6 Å². The number of carbonyl (C=O) groups is 1. The zero-order valence-corrected chi connectivity index (χ0v) is 15.3. The molecule has 0 saturated carbocycles. The van der Waals surface area contributed by atoms with Gasteiger partial charge >= 0.3 is 13.6 Å². The Morgan fingerprint density at radius 2 is 1.84 bits per heavy atom. The number of hydrogen-bond donors (Lipinski definition) is 2. The highest BCUT2D eigenvalue weighted by molar-refractivity contribution is 7.54. The minimum atomic E-state index is -3.31. The van der Waals surface area contributed by atoms with E-state index in [1.807, 2.05) is 30.3 Å². The second-order valence-corrected chi connectivity index (χ2v) is 7.43. The van der Waals surface area contributed by atoms with Crippen LogP contribution >= 0.6 is 7.60 Å². The molecule has 9 heteroatoms. The van der Waals surface area contributed by atoms with E-state index in [2.05, 4.69) is 15.8 Å². The Kier molecular flexibility index (Phi) is 7.43. The summed E-state index contributed by atoms with van der Waals surface area (Å²) >= 11 is 0. The molecule has 1 aromatic carbocycles. The smallest absolute Gasteiger partial charge is 0.333 e. The summed E-state index contributed by atoms with van der Waals surface area (Å²) in [6, 6.07) is 8.83. The first-order valence-electron chi connectivity index (χ1n) is 8.25. The Morgan fingerprint density at radius 3 is 2.48 bits per heavy atom. The number of nitrogens with one attached hydrogen (secondary N) is 2. The summed E-state index contributed by atoms with van der Waals surface area (Å²) < 4.78 is 23.1. The molecule has 0 aromatic heterocycles. The number of amidine groups is 1. The molecule has 0 aliphatic carbocycles. The summed E-state index contributed by atoms with van der Waals surface area (Å²) in [7, 11) is -3.31. The van der Waals surface area contributed by atoms with E-state index in [1.54, 1.807) is 13.8 Å². The molecule has 0 radical (unpaired) electrons. The average Bonchev–Trinajstić information content (AvgIpc) is 2.92. The van der Waals surface area contributed by atoms with Crippen LogP contribution in [-0.4, -0.2) is 43.9 Å². The molecule has 1 atom stereocenters. The Morgan fingerprint density at radius 1 is 1.16 bits per heavy atom. The molecule has 1 aliphatic rings. The van der Waals surface area contributed by atoms with E-state index >= 15 is 0 Å². The Hall–Kier alpha value is -1.89. The molecule has 0 bridgehead atoms. The highest BCUT2D eigenvalue weighted by Gasteiger charge is 2.37. The number of nitrogens with zero attached hydrogens (tertiary/aromatic N) is 1. The molecule has 2 rings (SSSR count). The SMILES string of the molecule is CCOP(=O)(CC1NC(=O)N/C1=N\OCCc1ccccc1)OCC. The maximum Gasteiger partial charge on any atom is 0.333 e. The van der Waals surface area contributed by atoms with Crippen LogP contribution in [0.2, 0.25) is 0 Å². The molecule has 1 aromatic rings. The molecular formula is C16H24N3O5P. The van der Waals surface area contributed by atoms with E-state index in [9.17, 15) is 9.36 Å². The fourth-order valence-corrected chi connectivity index (χ4v) is 4.15. The van der Waals surface area contributed by atoms with Gasteiger partial charge in [-0.15, -0.1) is 0 Å². The number of hydrogen-bond acceptors (Lipinski definition) is 6. The highest BCUT2D eigenvalue weighted by Crippen LogP contribution is 2.48. The Bertz CT molecular complexity index is 628. The highest BCUT2D eigenvalue weighted by atomic mass is 31.2. The second-order valence-electron chi connectivity index (χ2n) is 5.33. The molecule has 1 heterocycles. The van der Waals surface area contributed by atoms with E-state index in [-0.39, 0.29) is 25.2 Å². The maximum absolute atomic E-state index is 12.6. The zero-order valence-electron chi connectivity index (χ0n) is 14.4. The van der Waals surface area contributed by atoms with Crippen LogP contribution in [0.25, 0.3) is 0 Å². The van der Waals surface area contributed by atoms with Crippen molar-refractivity contribution in [1.29, 1.82) is 0 Å². The van der Waals surface area contributed by atoms with Crippen molar-refractivity contribution in [2.75, 3.05) is 26.0 Å². The lowest BCUT2D eigenvalue weighted by atomic mass is 10.2. The van der Waals surface area contributed by atoms with Crippen LogP contribution in [0.3, 0.4) is 0 Å². The lowest BCUT2D eigenvalue weighted by Gasteiger charge is -2.19. The number of carbonyl (C=O) groups excluding carboxylic acids is 1. The zero-order chi connectivity index (χ0) is 18.1. The minimum absolute atomic E-state index is 0.00566. The van der Waals surface area contributed by atoms with Crippen molar-refractivity contribution in [3.63, 3.8) is 0 Å². The standard InChI is InChI=1S/C16H24N3O5P/c1-3-23-25(21,24-4-2)12-14-15(18-16(20)17-14)19-22-11-10-13-8-6-5-7-9-13/h5-9,14H,3-4,10-12H2,1-2H3,(H2,17,18,19,20). The third-order valence-corrected chi connectivity index (χ3v) is 5.54. The number of rotatable bonds is 10. The lowest BCUT2D eigenvalue weighted by molar-refractivity contribution is 0.146. The van der Waals surface area contributed by atoms with Crippen LogP contribution in [0.1, 0.15) is 19.4 Å². The van der Waals surface area contributed by atoms with Crippen molar-refractivity contribution in [3.05, 3.63) is 35.9 Å². The molecule has 1 aliphatic heterocycles. The average molecular weight is 369 g/mol. The molecule has 2 amide bonds. The molecule has 0 spiro atoms. The molecule has 1 fully saturated rings. The molecule has 1 saturated heterocycles. The van der Waals surface area contributed by atoms with Gasteiger partial charge in [-0.3, -0.25) is 9.88 Å². The summed E-state index contributed by atoms with van der Waals surface area (Å²) in [5.74, 6) is 0.276. The molecule has 2 N–H and O–H groups in total. The molecule has 138 valence electrons. The van der Waals surface area contributed by atoms with Crippen LogP contribution in [-0.2, 0) is 24.9 Å². The van der Waals surface area contributed by atoms with Gasteiger partial charge in [0.2, 0.25) is 0 Å². The summed E-state index contributed by atoms with van der Waals surface area (Å²) in [6.07, 6.45) is 0.689. The van der Waals surface area contributed by atoms with Gasteiger partial charge in [-0.25, -0.2) is 4.79 Å². The summed E-state index contributed by atoms with van der Waals surface area (Å²) in [5.41, 5.74) is 1.13. The van der Waals surface area contributed by atoms with E-state index in [0.717, 1.165) is 5.56 Å². The van der Waals surface area contributed by atoms with Crippen molar-refractivity contribution in [2.45, 2.75) is 26.3 Å². The topological polar surface area (TPSA) is 98.2 Å². The van der Waals surface area contributed by atoms with Gasteiger partial charge < -0.3 is 19.2 Å². The van der Waals surface area contributed by atoms with E-state index < -0.39 is 19.7 Å². The van der Waals surface area contributed by atoms with Crippen molar-refractivity contribution >= 4 is 19.5 Å². The van der Waals surface area contributed by atoms with Gasteiger partial charge in [0.05, 0.1) is 19.4 Å². The lowest BCUT2D eigenvalue weighted by Crippen LogP contribution is -2.33. The van der Waals surface area contributed by atoms with Gasteiger partial charge in [0.25, 0.3) is 0 Å². The fourth-order valence-electron chi connectivity index (χ4n) is 2.37. The van der Waals surface area contributed by atoms with Crippen molar-refractivity contribution in [2.24, 2.45) is 5.16 Å². The number of amides is 2. The van der Waals surface area contributed by atoms with E-state index in [0.29, 0.717) is 13.0 Å². The summed E-state index contributed by atoms with van der Waals surface area (Å²) in [6.45, 7) is 4.35. The Labute approximate surface area is 147 Å². The fraction of sp³-hybridized carbons (Fsp3) is 0.500. The van der Waals surface area contributed by atoms with Crippen molar-refractivity contribution in [1.82, 2.24) is 10.6 Å². The van der Waals surface area contributed by atoms with Crippen LogP contribution < -0.4 is 10.6 Å². The van der Waals surface area contributed by atoms with Crippen molar-refractivity contribution in [3.8, 4) is 0 Å². The molecule has 25 heavy (non-hydrogen) atoms. The third kappa shape index (κ3) is 6.16. The quantitative estimate of drug-likeness (QED) is 0.375. The van der Waals surface area contributed by atoms with Gasteiger partial charge in [-0.2, -0.15) is 0 Å². The number of benzene rings is 1. The molecule has 1 unspecified atom stereocenters.